The van der Waals surface area contributed by atoms with Crippen LogP contribution in [0.3, 0.4) is 0 Å². The number of unbranched alkanes of at least 4 members (excludes halogenated alkanes) is 37. The van der Waals surface area contributed by atoms with Crippen molar-refractivity contribution in [1.82, 2.24) is 5.32 Å². The molecule has 75 heavy (non-hydrogen) atoms. The molecule has 1 aliphatic heterocycles. The molecule has 0 radical (unpaired) electrons. The molecular weight excluding hydrogens is 943 g/mol. The van der Waals surface area contributed by atoms with E-state index in [1.165, 1.54) is 205 Å². The third kappa shape index (κ3) is 41.1. The van der Waals surface area contributed by atoms with Crippen molar-refractivity contribution in [3.8, 4) is 0 Å². The van der Waals surface area contributed by atoms with Gasteiger partial charge in [-0.2, -0.15) is 0 Å². The summed E-state index contributed by atoms with van der Waals surface area (Å²) >= 11 is 0. The molecule has 1 rings (SSSR count). The number of hydrogen-bond acceptors (Lipinski definition) is 10. The molecule has 8 N–H and O–H groups in total. The number of aliphatic hydroxyl groups excluding tert-OH is 7. The Hall–Kier alpha value is -1.67. The topological polar surface area (TPSA) is 189 Å². The molecule has 0 aromatic heterocycles. The fraction of sp³-hybridized carbons (Fsp3) is 0.891. The highest BCUT2D eigenvalue weighted by atomic mass is 16.7. The van der Waals surface area contributed by atoms with E-state index in [0.717, 1.165) is 44.9 Å². The van der Waals surface area contributed by atoms with Gasteiger partial charge >= 0.3 is 0 Å². The van der Waals surface area contributed by atoms with Gasteiger partial charge in [0.05, 0.1) is 25.4 Å². The van der Waals surface area contributed by atoms with Crippen molar-refractivity contribution < 1.29 is 50.0 Å². The van der Waals surface area contributed by atoms with Gasteiger partial charge in [0.25, 0.3) is 0 Å². The van der Waals surface area contributed by atoms with Crippen LogP contribution < -0.4 is 5.32 Å². The fourth-order valence-corrected chi connectivity index (χ4v) is 10.2. The van der Waals surface area contributed by atoms with E-state index in [1.807, 2.05) is 0 Å². The van der Waals surface area contributed by atoms with Gasteiger partial charge in [-0.25, -0.2) is 0 Å². The zero-order valence-corrected chi connectivity index (χ0v) is 48.5. The molecule has 1 amide bonds. The molecule has 0 saturated carbocycles. The lowest BCUT2D eigenvalue weighted by molar-refractivity contribution is -0.303. The lowest BCUT2D eigenvalue weighted by Gasteiger charge is -2.40. The largest absolute Gasteiger partial charge is 0.394 e. The van der Waals surface area contributed by atoms with E-state index in [0.29, 0.717) is 19.3 Å². The molecule has 9 unspecified atom stereocenters. The second-order valence-corrected chi connectivity index (χ2v) is 22.5. The van der Waals surface area contributed by atoms with Gasteiger partial charge in [-0.1, -0.05) is 269 Å². The summed E-state index contributed by atoms with van der Waals surface area (Å²) in [6, 6.07) is -1.19. The van der Waals surface area contributed by atoms with Crippen molar-refractivity contribution >= 4 is 5.91 Å². The van der Waals surface area contributed by atoms with Gasteiger partial charge in [-0.05, 0) is 64.2 Å². The van der Waals surface area contributed by atoms with Crippen molar-refractivity contribution in [2.75, 3.05) is 13.2 Å². The van der Waals surface area contributed by atoms with Crippen LogP contribution in [0.4, 0.5) is 0 Å². The molecule has 11 nitrogen and oxygen atoms in total. The first-order valence-corrected chi connectivity index (χ1v) is 31.9. The van der Waals surface area contributed by atoms with Crippen LogP contribution in [0.15, 0.2) is 36.5 Å². The van der Waals surface area contributed by atoms with E-state index >= 15 is 0 Å². The van der Waals surface area contributed by atoms with Gasteiger partial charge in [0.2, 0.25) is 5.91 Å². The van der Waals surface area contributed by atoms with Crippen molar-refractivity contribution in [1.29, 1.82) is 0 Å². The maximum absolute atomic E-state index is 13.2. The average molecular weight is 1060 g/mol. The van der Waals surface area contributed by atoms with E-state index < -0.39 is 74.2 Å². The summed E-state index contributed by atoms with van der Waals surface area (Å²) in [5.74, 6) is -0.707. The minimum Gasteiger partial charge on any atom is -0.394 e. The third-order valence-electron chi connectivity index (χ3n) is 15.4. The zero-order chi connectivity index (χ0) is 54.7. The predicted molar refractivity (Wildman–Crippen MR) is 312 cm³/mol. The standard InChI is InChI=1S/C64H121NO10/c1-3-5-7-9-11-13-15-17-19-21-23-25-27-28-29-30-32-34-36-38-40-42-44-46-48-50-52-57(68)63(73)65-55(54-74-64-62(72)61(71)60(70)58(53-66)75-64)59(69)56(67)51-49-47-45-43-41-39-37-35-33-31-26-24-22-20-18-16-14-12-10-8-6-4-2/h24,26,35,37,43,45,55-62,64,66-72H,3-23,25,27-34,36,38-42,44,46-54H2,1-2H3,(H,65,73)/b26-24+,37-35+,45-43+. The number of carbonyl (C=O) groups is 1. The number of ether oxygens (including phenoxy) is 2. The Morgan fingerprint density at radius 3 is 1.19 bits per heavy atom. The maximum Gasteiger partial charge on any atom is 0.249 e. The van der Waals surface area contributed by atoms with Gasteiger partial charge in [0, 0.05) is 0 Å². The molecule has 1 fully saturated rings. The van der Waals surface area contributed by atoms with Gasteiger partial charge < -0.3 is 50.5 Å². The number of allylic oxidation sites excluding steroid dienone is 6. The fourth-order valence-electron chi connectivity index (χ4n) is 10.2. The lowest BCUT2D eigenvalue weighted by Crippen LogP contribution is -2.60. The van der Waals surface area contributed by atoms with Crippen LogP contribution in [0.5, 0.6) is 0 Å². The predicted octanol–water partition coefficient (Wildman–Crippen LogP) is 14.2. The van der Waals surface area contributed by atoms with Crippen molar-refractivity contribution in [2.24, 2.45) is 0 Å². The molecule has 0 aromatic carbocycles. The molecule has 1 saturated heterocycles. The van der Waals surface area contributed by atoms with E-state index in [-0.39, 0.29) is 12.8 Å². The van der Waals surface area contributed by atoms with Crippen LogP contribution in [-0.2, 0) is 14.3 Å². The summed E-state index contributed by atoms with van der Waals surface area (Å²) in [7, 11) is 0. The summed E-state index contributed by atoms with van der Waals surface area (Å²) < 4.78 is 11.1. The molecule has 0 aliphatic carbocycles. The Bertz CT molecular complexity index is 1310. The summed E-state index contributed by atoms with van der Waals surface area (Å²) in [5, 5.41) is 76.3. The molecule has 0 aromatic rings. The number of nitrogens with one attached hydrogen (secondary N) is 1. The highest BCUT2D eigenvalue weighted by molar-refractivity contribution is 5.80. The molecule has 0 bridgehead atoms. The van der Waals surface area contributed by atoms with Crippen LogP contribution in [0, 0.1) is 0 Å². The maximum atomic E-state index is 13.2. The van der Waals surface area contributed by atoms with Crippen molar-refractivity contribution in [3.63, 3.8) is 0 Å². The van der Waals surface area contributed by atoms with Gasteiger partial charge in [-0.15, -0.1) is 0 Å². The first kappa shape index (κ1) is 71.3. The second-order valence-electron chi connectivity index (χ2n) is 22.5. The van der Waals surface area contributed by atoms with Gasteiger partial charge in [0.15, 0.2) is 6.29 Å². The SMILES string of the molecule is CCCCCCCCCCC/C=C/CC/C=C/CC/C=C/CCCC(O)C(O)C(COC1OC(CO)C(O)C(O)C1O)NC(=O)C(O)CCCCCCCCCCCCCCCCCCCCCCCCCCCC. The average Bonchev–Trinajstić information content (AvgIpc) is 3.41. The van der Waals surface area contributed by atoms with Crippen molar-refractivity contribution in [2.45, 2.75) is 351 Å². The van der Waals surface area contributed by atoms with Crippen LogP contribution in [-0.4, -0.2) is 110 Å². The summed E-state index contributed by atoms with van der Waals surface area (Å²) in [4.78, 5) is 13.2. The Morgan fingerprint density at radius 2 is 0.800 bits per heavy atom. The highest BCUT2D eigenvalue weighted by Gasteiger charge is 2.44. The molecular formula is C64H121NO10. The number of rotatable bonds is 55. The molecule has 1 heterocycles. The van der Waals surface area contributed by atoms with E-state index in [9.17, 15) is 40.5 Å². The van der Waals surface area contributed by atoms with Crippen LogP contribution in [0.25, 0.3) is 0 Å². The van der Waals surface area contributed by atoms with Crippen molar-refractivity contribution in [3.05, 3.63) is 36.5 Å². The summed E-state index contributed by atoms with van der Waals surface area (Å²) in [5.41, 5.74) is 0. The Labute approximate surface area is 460 Å². The molecule has 442 valence electrons. The minimum absolute atomic E-state index is 0.243. The third-order valence-corrected chi connectivity index (χ3v) is 15.4. The second kappa shape index (κ2) is 53.0. The van der Waals surface area contributed by atoms with Crippen LogP contribution in [0.2, 0.25) is 0 Å². The summed E-state index contributed by atoms with van der Waals surface area (Å²) in [6.07, 6.45) is 55.0. The Kier molecular flexibility index (Phi) is 50.4. The number of amides is 1. The normalized spacial score (nSPS) is 19.9. The number of hydrogen-bond donors (Lipinski definition) is 8. The Morgan fingerprint density at radius 1 is 0.453 bits per heavy atom. The monoisotopic (exact) mass is 1060 g/mol. The number of carbonyl (C=O) groups excluding carboxylic acids is 1. The lowest BCUT2D eigenvalue weighted by atomic mass is 9.98. The first-order chi connectivity index (χ1) is 36.7. The summed E-state index contributed by atoms with van der Waals surface area (Å²) in [6.45, 7) is 3.47. The van der Waals surface area contributed by atoms with Crippen LogP contribution >= 0.6 is 0 Å². The quantitative estimate of drug-likeness (QED) is 0.0215. The van der Waals surface area contributed by atoms with Crippen LogP contribution in [0.1, 0.15) is 296 Å². The van der Waals surface area contributed by atoms with E-state index in [4.69, 9.17) is 9.47 Å². The molecule has 11 heteroatoms. The smallest absolute Gasteiger partial charge is 0.249 e. The first-order valence-electron chi connectivity index (χ1n) is 31.9. The Balaban J connectivity index is 2.28. The van der Waals surface area contributed by atoms with E-state index in [2.05, 4.69) is 55.6 Å². The molecule has 1 aliphatic rings. The van der Waals surface area contributed by atoms with Gasteiger partial charge in [0.1, 0.15) is 36.6 Å². The number of aliphatic hydroxyl groups is 7. The molecule has 0 spiro atoms. The molecule has 9 atom stereocenters. The van der Waals surface area contributed by atoms with Gasteiger partial charge in [-0.3, -0.25) is 4.79 Å². The zero-order valence-electron chi connectivity index (χ0n) is 48.5. The minimum atomic E-state index is -1.67. The van der Waals surface area contributed by atoms with E-state index in [1.54, 1.807) is 0 Å². The highest BCUT2D eigenvalue weighted by Crippen LogP contribution is 2.23.